The summed E-state index contributed by atoms with van der Waals surface area (Å²) < 4.78 is 5.54. The molecule has 2 aromatic rings. The zero-order valence-corrected chi connectivity index (χ0v) is 10.4. The molecule has 1 unspecified atom stereocenters. The van der Waals surface area contributed by atoms with Gasteiger partial charge in [-0.05, 0) is 43.1 Å². The van der Waals surface area contributed by atoms with Crippen molar-refractivity contribution in [2.24, 2.45) is 0 Å². The molecule has 1 aromatic heterocycles. The van der Waals surface area contributed by atoms with E-state index in [1.54, 1.807) is 6.26 Å². The molecule has 17 heavy (non-hydrogen) atoms. The van der Waals surface area contributed by atoms with Crippen LogP contribution in [0.1, 0.15) is 36.3 Å². The summed E-state index contributed by atoms with van der Waals surface area (Å²) in [5.41, 5.74) is 2.58. The summed E-state index contributed by atoms with van der Waals surface area (Å²) in [4.78, 5) is 0. The Morgan fingerprint density at radius 2 is 2.00 bits per heavy atom. The molecule has 0 saturated heterocycles. The summed E-state index contributed by atoms with van der Waals surface area (Å²) in [6.45, 7) is 5.29. The zero-order chi connectivity index (χ0) is 12.1. The Labute approximate surface area is 103 Å². The van der Waals surface area contributed by atoms with Crippen LogP contribution in [-0.4, -0.2) is 6.54 Å². The third-order valence-electron chi connectivity index (χ3n) is 2.93. The van der Waals surface area contributed by atoms with E-state index in [2.05, 4.69) is 43.4 Å². The first-order valence-electron chi connectivity index (χ1n) is 6.15. The second kappa shape index (κ2) is 5.69. The fourth-order valence-electron chi connectivity index (χ4n) is 2.02. The highest BCUT2D eigenvalue weighted by Crippen LogP contribution is 2.25. The molecule has 0 spiro atoms. The maximum absolute atomic E-state index is 5.54. The Kier molecular flexibility index (Phi) is 3.99. The molecule has 0 amide bonds. The predicted octanol–water partition coefficient (Wildman–Crippen LogP) is 3.68. The van der Waals surface area contributed by atoms with Crippen LogP contribution < -0.4 is 5.32 Å². The molecule has 0 aliphatic heterocycles. The summed E-state index contributed by atoms with van der Waals surface area (Å²) in [5.74, 6) is 0.979. The van der Waals surface area contributed by atoms with Crippen molar-refractivity contribution in [3.05, 3.63) is 59.5 Å². The minimum Gasteiger partial charge on any atom is -0.467 e. The lowest BCUT2D eigenvalue weighted by Gasteiger charge is -2.18. The van der Waals surface area contributed by atoms with Crippen molar-refractivity contribution in [3.8, 4) is 0 Å². The van der Waals surface area contributed by atoms with Crippen molar-refractivity contribution >= 4 is 0 Å². The normalized spacial score (nSPS) is 12.6. The van der Waals surface area contributed by atoms with Gasteiger partial charge < -0.3 is 9.73 Å². The minimum absolute atomic E-state index is 0.158. The molecule has 0 aliphatic rings. The first kappa shape index (κ1) is 11.9. The van der Waals surface area contributed by atoms with Gasteiger partial charge in [0, 0.05) is 0 Å². The molecule has 0 radical (unpaired) electrons. The summed E-state index contributed by atoms with van der Waals surface area (Å²) in [5, 5.41) is 3.54. The largest absolute Gasteiger partial charge is 0.467 e. The second-order valence-electron chi connectivity index (χ2n) is 4.26. The fourth-order valence-corrected chi connectivity index (χ4v) is 2.02. The summed E-state index contributed by atoms with van der Waals surface area (Å²) in [6.07, 6.45) is 2.84. The van der Waals surface area contributed by atoms with Crippen LogP contribution in [0, 0.1) is 6.92 Å². The summed E-state index contributed by atoms with van der Waals surface area (Å²) >= 11 is 0. The highest BCUT2D eigenvalue weighted by atomic mass is 16.3. The van der Waals surface area contributed by atoms with E-state index in [4.69, 9.17) is 4.42 Å². The molecule has 2 rings (SSSR count). The Balaban J connectivity index is 2.30. The van der Waals surface area contributed by atoms with E-state index in [0.29, 0.717) is 0 Å². The monoisotopic (exact) mass is 229 g/mol. The van der Waals surface area contributed by atoms with Gasteiger partial charge in [-0.15, -0.1) is 0 Å². The lowest BCUT2D eigenvalue weighted by molar-refractivity contribution is 0.446. The minimum atomic E-state index is 0.158. The van der Waals surface area contributed by atoms with E-state index in [0.717, 1.165) is 18.7 Å². The number of benzene rings is 1. The number of hydrogen-bond acceptors (Lipinski definition) is 2. The van der Waals surface area contributed by atoms with Crippen LogP contribution in [0.3, 0.4) is 0 Å². The van der Waals surface area contributed by atoms with Crippen molar-refractivity contribution in [2.75, 3.05) is 6.54 Å². The van der Waals surface area contributed by atoms with Crippen molar-refractivity contribution in [3.63, 3.8) is 0 Å². The summed E-state index contributed by atoms with van der Waals surface area (Å²) in [7, 11) is 0. The van der Waals surface area contributed by atoms with Gasteiger partial charge in [-0.2, -0.15) is 0 Å². The van der Waals surface area contributed by atoms with Gasteiger partial charge in [-0.3, -0.25) is 0 Å². The van der Waals surface area contributed by atoms with Gasteiger partial charge in [0.05, 0.1) is 12.3 Å². The van der Waals surface area contributed by atoms with Crippen LogP contribution >= 0.6 is 0 Å². The van der Waals surface area contributed by atoms with Crippen molar-refractivity contribution < 1.29 is 4.42 Å². The molecule has 1 aromatic carbocycles. The van der Waals surface area contributed by atoms with E-state index in [-0.39, 0.29) is 6.04 Å². The number of rotatable bonds is 5. The molecule has 0 fully saturated rings. The van der Waals surface area contributed by atoms with Gasteiger partial charge in [0.2, 0.25) is 0 Å². The third-order valence-corrected chi connectivity index (χ3v) is 2.93. The maximum Gasteiger partial charge on any atom is 0.125 e. The average molecular weight is 229 g/mol. The number of aryl methyl sites for hydroxylation is 1. The van der Waals surface area contributed by atoms with Gasteiger partial charge in [0.1, 0.15) is 5.76 Å². The number of furan rings is 1. The lowest BCUT2D eigenvalue weighted by Crippen LogP contribution is -2.23. The second-order valence-corrected chi connectivity index (χ2v) is 4.26. The summed E-state index contributed by atoms with van der Waals surface area (Å²) in [6, 6.07) is 12.6. The standard InChI is InChI=1S/C15H19NO/c1-3-10-16-15(14-9-6-11-17-14)13-8-5-4-7-12(13)2/h4-9,11,15-16H,3,10H2,1-2H3. The SMILES string of the molecule is CCCNC(c1ccco1)c1ccccc1C. The molecular weight excluding hydrogens is 210 g/mol. The number of nitrogens with one attached hydrogen (secondary N) is 1. The van der Waals surface area contributed by atoms with E-state index < -0.39 is 0 Å². The van der Waals surface area contributed by atoms with Crippen LogP contribution in [0.5, 0.6) is 0 Å². The first-order chi connectivity index (χ1) is 8.33. The van der Waals surface area contributed by atoms with Crippen LogP contribution in [-0.2, 0) is 0 Å². The molecule has 0 saturated carbocycles. The molecule has 0 aliphatic carbocycles. The molecular formula is C15H19NO. The van der Waals surface area contributed by atoms with Crippen molar-refractivity contribution in [1.82, 2.24) is 5.32 Å². The van der Waals surface area contributed by atoms with E-state index in [1.807, 2.05) is 12.1 Å². The average Bonchev–Trinajstić information content (AvgIpc) is 2.85. The van der Waals surface area contributed by atoms with E-state index in [1.165, 1.54) is 11.1 Å². The highest BCUT2D eigenvalue weighted by molar-refractivity contribution is 5.33. The van der Waals surface area contributed by atoms with Crippen LogP contribution in [0.4, 0.5) is 0 Å². The van der Waals surface area contributed by atoms with Crippen LogP contribution in [0.2, 0.25) is 0 Å². The van der Waals surface area contributed by atoms with Gasteiger partial charge in [-0.25, -0.2) is 0 Å². The van der Waals surface area contributed by atoms with Gasteiger partial charge in [0.15, 0.2) is 0 Å². The van der Waals surface area contributed by atoms with Crippen molar-refractivity contribution in [2.45, 2.75) is 26.3 Å². The van der Waals surface area contributed by atoms with Crippen molar-refractivity contribution in [1.29, 1.82) is 0 Å². The first-order valence-corrected chi connectivity index (χ1v) is 6.15. The molecule has 2 nitrogen and oxygen atoms in total. The Morgan fingerprint density at radius 3 is 2.65 bits per heavy atom. The van der Waals surface area contributed by atoms with Crippen LogP contribution in [0.15, 0.2) is 47.1 Å². The molecule has 1 atom stereocenters. The fraction of sp³-hybridized carbons (Fsp3) is 0.333. The molecule has 2 heteroatoms. The smallest absolute Gasteiger partial charge is 0.125 e. The predicted molar refractivity (Wildman–Crippen MR) is 70.0 cm³/mol. The van der Waals surface area contributed by atoms with E-state index in [9.17, 15) is 0 Å². The van der Waals surface area contributed by atoms with Gasteiger partial charge in [0.25, 0.3) is 0 Å². The molecule has 0 bridgehead atoms. The van der Waals surface area contributed by atoms with Crippen LogP contribution in [0.25, 0.3) is 0 Å². The molecule has 1 heterocycles. The lowest BCUT2D eigenvalue weighted by atomic mass is 9.99. The van der Waals surface area contributed by atoms with E-state index >= 15 is 0 Å². The zero-order valence-electron chi connectivity index (χ0n) is 10.4. The topological polar surface area (TPSA) is 25.2 Å². The van der Waals surface area contributed by atoms with Gasteiger partial charge in [-0.1, -0.05) is 31.2 Å². The Hall–Kier alpha value is -1.54. The maximum atomic E-state index is 5.54. The quantitative estimate of drug-likeness (QED) is 0.846. The molecule has 1 N–H and O–H groups in total. The Morgan fingerprint density at radius 1 is 1.18 bits per heavy atom. The highest BCUT2D eigenvalue weighted by Gasteiger charge is 2.17. The number of hydrogen-bond donors (Lipinski definition) is 1. The van der Waals surface area contributed by atoms with Gasteiger partial charge >= 0.3 is 0 Å². The third kappa shape index (κ3) is 2.77. The Bertz CT molecular complexity index is 448. The molecule has 90 valence electrons.